The average molecular weight is 462 g/mol. The van der Waals surface area contributed by atoms with E-state index in [1.54, 1.807) is 17.6 Å². The summed E-state index contributed by atoms with van der Waals surface area (Å²) >= 11 is 1.73. The van der Waals surface area contributed by atoms with Crippen molar-refractivity contribution in [1.82, 2.24) is 15.6 Å². The topological polar surface area (TPSA) is 62.5 Å². The monoisotopic (exact) mass is 462 g/mol. The van der Waals surface area contributed by atoms with Gasteiger partial charge in [-0.25, -0.2) is 9.98 Å². The van der Waals surface area contributed by atoms with Gasteiger partial charge in [0.25, 0.3) is 0 Å². The van der Waals surface area contributed by atoms with Crippen LogP contribution in [0.25, 0.3) is 0 Å². The third-order valence-corrected chi connectivity index (χ3v) is 4.37. The van der Waals surface area contributed by atoms with Crippen molar-refractivity contribution < 1.29 is 4.42 Å². The fraction of sp³-hybridized carbons (Fsp3) is 0.529. The van der Waals surface area contributed by atoms with Gasteiger partial charge in [0.15, 0.2) is 5.96 Å². The fourth-order valence-electron chi connectivity index (χ4n) is 1.97. The molecule has 0 saturated carbocycles. The minimum absolute atomic E-state index is 0. The molecule has 2 heterocycles. The zero-order chi connectivity index (χ0) is 16.5. The molecule has 2 rings (SSSR count). The summed E-state index contributed by atoms with van der Waals surface area (Å²) < 4.78 is 5.35. The Bertz CT molecular complexity index is 596. The van der Waals surface area contributed by atoms with Gasteiger partial charge in [-0.05, 0) is 24.5 Å². The lowest BCUT2D eigenvalue weighted by molar-refractivity contribution is 0.506. The molecule has 0 aromatic carbocycles. The van der Waals surface area contributed by atoms with Crippen LogP contribution in [0.2, 0.25) is 0 Å². The molecule has 0 fully saturated rings. The van der Waals surface area contributed by atoms with Crippen LogP contribution in [0.4, 0.5) is 0 Å². The van der Waals surface area contributed by atoms with Gasteiger partial charge in [-0.1, -0.05) is 20.8 Å². The molecule has 0 unspecified atom stereocenters. The van der Waals surface area contributed by atoms with Crippen LogP contribution in [0.3, 0.4) is 0 Å². The lowest BCUT2D eigenvalue weighted by Gasteiger charge is -2.13. The molecule has 0 saturated heterocycles. The minimum atomic E-state index is 0. The van der Waals surface area contributed by atoms with Gasteiger partial charge < -0.3 is 15.1 Å². The van der Waals surface area contributed by atoms with E-state index in [0.717, 1.165) is 42.7 Å². The fourth-order valence-corrected chi connectivity index (χ4v) is 2.75. The van der Waals surface area contributed by atoms with E-state index in [9.17, 15) is 0 Å². The SMILES string of the molecule is CCc1cnc(CN=C(NCCc2ccco2)NCC(C)C)s1.I. The van der Waals surface area contributed by atoms with Gasteiger partial charge in [0.1, 0.15) is 10.8 Å². The van der Waals surface area contributed by atoms with Crippen LogP contribution in [-0.2, 0) is 19.4 Å². The Kier molecular flexibility index (Phi) is 10.0. The zero-order valence-corrected chi connectivity index (χ0v) is 17.7. The van der Waals surface area contributed by atoms with Crippen LogP contribution < -0.4 is 10.6 Å². The van der Waals surface area contributed by atoms with Gasteiger partial charge in [-0.15, -0.1) is 35.3 Å². The van der Waals surface area contributed by atoms with E-state index in [2.05, 4.69) is 41.4 Å². The molecule has 0 atom stereocenters. The summed E-state index contributed by atoms with van der Waals surface area (Å²) in [6.45, 7) is 8.80. The quantitative estimate of drug-likeness (QED) is 0.356. The van der Waals surface area contributed by atoms with Crippen molar-refractivity contribution in [3.63, 3.8) is 0 Å². The van der Waals surface area contributed by atoms with Gasteiger partial charge in [-0.2, -0.15) is 0 Å². The molecular weight excluding hydrogens is 435 g/mol. The van der Waals surface area contributed by atoms with Gasteiger partial charge in [0, 0.05) is 30.6 Å². The number of hydrogen-bond donors (Lipinski definition) is 2. The van der Waals surface area contributed by atoms with Gasteiger partial charge in [-0.3, -0.25) is 0 Å². The molecule has 0 aliphatic carbocycles. The molecule has 0 aliphatic heterocycles. The molecule has 5 nitrogen and oxygen atoms in total. The van der Waals surface area contributed by atoms with Gasteiger partial charge >= 0.3 is 0 Å². The van der Waals surface area contributed by atoms with Crippen molar-refractivity contribution in [2.45, 2.75) is 40.2 Å². The summed E-state index contributed by atoms with van der Waals surface area (Å²) in [5.74, 6) is 2.38. The standard InChI is InChI=1S/C17H26N4OS.HI/c1-4-15-11-19-16(23-15)12-21-17(20-10-13(2)3)18-8-7-14-6-5-9-22-14;/h5-6,9,11,13H,4,7-8,10,12H2,1-3H3,(H2,18,20,21);1H. The molecule has 0 radical (unpaired) electrons. The Morgan fingerprint density at radius 2 is 2.21 bits per heavy atom. The predicted molar refractivity (Wildman–Crippen MR) is 111 cm³/mol. The first-order valence-electron chi connectivity index (χ1n) is 8.15. The summed E-state index contributed by atoms with van der Waals surface area (Å²) in [5.41, 5.74) is 0. The van der Waals surface area contributed by atoms with Crippen LogP contribution in [-0.4, -0.2) is 24.0 Å². The molecule has 134 valence electrons. The summed E-state index contributed by atoms with van der Waals surface area (Å²) in [5, 5.41) is 7.79. The Labute approximate surface area is 165 Å². The number of aliphatic imine (C=N–C) groups is 1. The van der Waals surface area contributed by atoms with Crippen LogP contribution in [0.15, 0.2) is 34.0 Å². The largest absolute Gasteiger partial charge is 0.469 e. The number of furan rings is 1. The minimum Gasteiger partial charge on any atom is -0.469 e. The van der Waals surface area contributed by atoms with Gasteiger partial charge in [0.2, 0.25) is 0 Å². The predicted octanol–water partition coefficient (Wildman–Crippen LogP) is 3.85. The number of aromatic nitrogens is 1. The lowest BCUT2D eigenvalue weighted by Crippen LogP contribution is -2.40. The second-order valence-corrected chi connectivity index (χ2v) is 6.97. The first-order valence-corrected chi connectivity index (χ1v) is 8.97. The van der Waals surface area contributed by atoms with E-state index >= 15 is 0 Å². The molecule has 7 heteroatoms. The second-order valence-electron chi connectivity index (χ2n) is 5.77. The third-order valence-electron chi connectivity index (χ3n) is 3.24. The normalized spacial score (nSPS) is 11.4. The summed E-state index contributed by atoms with van der Waals surface area (Å²) in [7, 11) is 0. The molecular formula is C17H27IN4OS. The van der Waals surface area contributed by atoms with E-state index < -0.39 is 0 Å². The van der Waals surface area contributed by atoms with Crippen molar-refractivity contribution in [2.75, 3.05) is 13.1 Å². The van der Waals surface area contributed by atoms with Crippen LogP contribution >= 0.6 is 35.3 Å². The zero-order valence-electron chi connectivity index (χ0n) is 14.5. The number of rotatable bonds is 8. The van der Waals surface area contributed by atoms with E-state index in [0.29, 0.717) is 12.5 Å². The third kappa shape index (κ3) is 7.65. The van der Waals surface area contributed by atoms with E-state index in [1.807, 2.05) is 18.3 Å². The highest BCUT2D eigenvalue weighted by molar-refractivity contribution is 14.0. The Hall–Kier alpha value is -1.09. The van der Waals surface area contributed by atoms with E-state index in [1.165, 1.54) is 4.88 Å². The highest BCUT2D eigenvalue weighted by Gasteiger charge is 2.04. The second kappa shape index (κ2) is 11.5. The summed E-state index contributed by atoms with van der Waals surface area (Å²) in [6, 6.07) is 3.90. The number of halogens is 1. The number of guanidine groups is 1. The maximum atomic E-state index is 5.35. The molecule has 0 aliphatic rings. The van der Waals surface area contributed by atoms with Crippen molar-refractivity contribution in [1.29, 1.82) is 0 Å². The molecule has 24 heavy (non-hydrogen) atoms. The van der Waals surface area contributed by atoms with Crippen molar-refractivity contribution in [3.05, 3.63) is 40.2 Å². The van der Waals surface area contributed by atoms with E-state index in [4.69, 9.17) is 4.42 Å². The maximum absolute atomic E-state index is 5.35. The summed E-state index contributed by atoms with van der Waals surface area (Å²) in [6.07, 6.45) is 5.52. The highest BCUT2D eigenvalue weighted by Crippen LogP contribution is 2.13. The Morgan fingerprint density at radius 3 is 2.83 bits per heavy atom. The first kappa shape index (κ1) is 21.0. The smallest absolute Gasteiger partial charge is 0.191 e. The lowest BCUT2D eigenvalue weighted by atomic mass is 10.2. The van der Waals surface area contributed by atoms with Crippen LogP contribution in [0.5, 0.6) is 0 Å². The summed E-state index contributed by atoms with van der Waals surface area (Å²) in [4.78, 5) is 10.4. The average Bonchev–Trinajstić information content (AvgIpc) is 3.20. The Balaban J connectivity index is 0.00000288. The molecule has 0 spiro atoms. The van der Waals surface area contributed by atoms with Crippen molar-refractivity contribution in [2.24, 2.45) is 10.9 Å². The molecule has 0 amide bonds. The first-order chi connectivity index (χ1) is 11.2. The molecule has 2 aromatic rings. The van der Waals surface area contributed by atoms with Gasteiger partial charge in [0.05, 0.1) is 12.8 Å². The molecule has 2 aromatic heterocycles. The molecule has 2 N–H and O–H groups in total. The van der Waals surface area contributed by atoms with Crippen LogP contribution in [0.1, 0.15) is 36.4 Å². The molecule has 0 bridgehead atoms. The highest BCUT2D eigenvalue weighted by atomic mass is 127. The maximum Gasteiger partial charge on any atom is 0.191 e. The van der Waals surface area contributed by atoms with E-state index in [-0.39, 0.29) is 24.0 Å². The Morgan fingerprint density at radius 1 is 1.38 bits per heavy atom. The number of aryl methyl sites for hydroxylation is 1. The van der Waals surface area contributed by atoms with Crippen molar-refractivity contribution >= 4 is 41.3 Å². The number of nitrogens with zero attached hydrogens (tertiary/aromatic N) is 2. The number of hydrogen-bond acceptors (Lipinski definition) is 4. The number of nitrogens with one attached hydrogen (secondary N) is 2. The van der Waals surface area contributed by atoms with Crippen LogP contribution in [0, 0.1) is 5.92 Å². The number of thiazole rings is 1. The van der Waals surface area contributed by atoms with Crippen molar-refractivity contribution in [3.8, 4) is 0 Å².